The highest BCUT2D eigenvalue weighted by molar-refractivity contribution is 5.90. The van der Waals surface area contributed by atoms with Gasteiger partial charge >= 0.3 is 5.97 Å². The third kappa shape index (κ3) is 1.88. The smallest absolute Gasteiger partial charge is 0.337 e. The summed E-state index contributed by atoms with van der Waals surface area (Å²) >= 11 is 0. The molecule has 0 bridgehead atoms. The van der Waals surface area contributed by atoms with Crippen molar-refractivity contribution in [1.29, 1.82) is 10.5 Å². The summed E-state index contributed by atoms with van der Waals surface area (Å²) < 4.78 is 0. The molecule has 0 aliphatic rings. The Morgan fingerprint density at radius 1 is 1.43 bits per heavy atom. The minimum absolute atomic E-state index is 0.0332. The van der Waals surface area contributed by atoms with Gasteiger partial charge in [-0.15, -0.1) is 0 Å². The van der Waals surface area contributed by atoms with Gasteiger partial charge in [0.05, 0.1) is 23.6 Å². The average molecular weight is 186 g/mol. The molecule has 0 radical (unpaired) electrons. The molecule has 0 spiro atoms. The van der Waals surface area contributed by atoms with Gasteiger partial charge in [0.15, 0.2) is 0 Å². The Bertz CT molecular complexity index is 452. The van der Waals surface area contributed by atoms with E-state index in [1.165, 1.54) is 18.2 Å². The molecule has 0 aliphatic carbocycles. The number of carboxylic acids is 1. The van der Waals surface area contributed by atoms with Crippen LogP contribution in [0, 0.1) is 22.7 Å². The van der Waals surface area contributed by atoms with Crippen LogP contribution in [-0.2, 0) is 6.42 Å². The Hall–Kier alpha value is -2.33. The van der Waals surface area contributed by atoms with Gasteiger partial charge in [0.2, 0.25) is 0 Å². The molecule has 0 unspecified atom stereocenters. The molecule has 0 aliphatic heterocycles. The number of aromatic carboxylic acids is 1. The highest BCUT2D eigenvalue weighted by atomic mass is 16.4. The van der Waals surface area contributed by atoms with Gasteiger partial charge < -0.3 is 5.11 Å². The lowest BCUT2D eigenvalue weighted by Gasteiger charge is -1.99. The maximum Gasteiger partial charge on any atom is 0.337 e. The maximum atomic E-state index is 10.6. The Morgan fingerprint density at radius 2 is 2.14 bits per heavy atom. The van der Waals surface area contributed by atoms with Crippen LogP contribution >= 0.6 is 0 Å². The fourth-order valence-corrected chi connectivity index (χ4v) is 1.07. The first kappa shape index (κ1) is 9.76. The molecule has 0 saturated heterocycles. The molecule has 14 heavy (non-hydrogen) atoms. The molecule has 0 atom stereocenters. The van der Waals surface area contributed by atoms with Crippen LogP contribution in [0.4, 0.5) is 0 Å². The number of hydrogen-bond donors (Lipinski definition) is 1. The Morgan fingerprint density at radius 3 is 2.64 bits per heavy atom. The minimum atomic E-state index is -1.13. The summed E-state index contributed by atoms with van der Waals surface area (Å²) in [6.07, 6.45) is 0.175. The normalized spacial score (nSPS) is 8.71. The van der Waals surface area contributed by atoms with E-state index in [1.54, 1.807) is 6.07 Å². The van der Waals surface area contributed by atoms with Crippen molar-refractivity contribution < 1.29 is 9.90 Å². The van der Waals surface area contributed by atoms with E-state index in [9.17, 15) is 4.79 Å². The van der Waals surface area contributed by atoms with Gasteiger partial charge in [-0.1, -0.05) is 6.07 Å². The third-order valence-corrected chi connectivity index (χ3v) is 1.72. The van der Waals surface area contributed by atoms with Crippen molar-refractivity contribution in [3.05, 3.63) is 34.9 Å². The fraction of sp³-hybridized carbons (Fsp3) is 0.100. The predicted molar refractivity (Wildman–Crippen MR) is 47.4 cm³/mol. The van der Waals surface area contributed by atoms with E-state index >= 15 is 0 Å². The average Bonchev–Trinajstić information content (AvgIpc) is 2.17. The highest BCUT2D eigenvalue weighted by Gasteiger charge is 2.09. The summed E-state index contributed by atoms with van der Waals surface area (Å²) in [6, 6.07) is 8.01. The molecule has 0 aromatic heterocycles. The summed E-state index contributed by atoms with van der Waals surface area (Å²) in [4.78, 5) is 10.6. The second-order valence-corrected chi connectivity index (χ2v) is 2.63. The first-order valence-electron chi connectivity index (χ1n) is 3.82. The number of carboxylic acid groups (broad SMARTS) is 1. The van der Waals surface area contributed by atoms with Crippen molar-refractivity contribution in [2.24, 2.45) is 0 Å². The van der Waals surface area contributed by atoms with Crippen LogP contribution in [0.3, 0.4) is 0 Å². The molecular formula is C10H6N2O2. The number of benzene rings is 1. The van der Waals surface area contributed by atoms with E-state index in [2.05, 4.69) is 0 Å². The molecule has 0 saturated carbocycles. The van der Waals surface area contributed by atoms with Crippen LogP contribution in [0.2, 0.25) is 0 Å². The quantitative estimate of drug-likeness (QED) is 0.754. The molecule has 0 amide bonds. The van der Waals surface area contributed by atoms with E-state index in [0.717, 1.165) is 0 Å². The second-order valence-electron chi connectivity index (χ2n) is 2.63. The first-order chi connectivity index (χ1) is 6.69. The van der Waals surface area contributed by atoms with Crippen LogP contribution in [0.1, 0.15) is 21.5 Å². The van der Waals surface area contributed by atoms with Gasteiger partial charge in [-0.25, -0.2) is 4.79 Å². The Balaban J connectivity index is 3.21. The molecular weight excluding hydrogens is 180 g/mol. The van der Waals surface area contributed by atoms with Crippen molar-refractivity contribution in [3.8, 4) is 12.1 Å². The lowest BCUT2D eigenvalue weighted by atomic mass is 10.0. The summed E-state index contributed by atoms with van der Waals surface area (Å²) in [7, 11) is 0. The summed E-state index contributed by atoms with van der Waals surface area (Å²) in [6.45, 7) is 0. The molecule has 68 valence electrons. The maximum absolute atomic E-state index is 10.6. The van der Waals surface area contributed by atoms with Crippen LogP contribution in [-0.4, -0.2) is 11.1 Å². The number of hydrogen-bond acceptors (Lipinski definition) is 3. The van der Waals surface area contributed by atoms with Gasteiger partial charge in [0.1, 0.15) is 6.07 Å². The Labute approximate surface area is 80.6 Å². The largest absolute Gasteiger partial charge is 0.478 e. The SMILES string of the molecule is N#CCc1ccc(C(=O)O)c(C#N)c1. The number of rotatable bonds is 2. The molecule has 0 heterocycles. The van der Waals surface area contributed by atoms with Gasteiger partial charge in [0, 0.05) is 0 Å². The zero-order valence-corrected chi connectivity index (χ0v) is 7.19. The third-order valence-electron chi connectivity index (χ3n) is 1.72. The molecule has 1 rings (SSSR count). The minimum Gasteiger partial charge on any atom is -0.478 e. The van der Waals surface area contributed by atoms with E-state index < -0.39 is 5.97 Å². The fourth-order valence-electron chi connectivity index (χ4n) is 1.07. The van der Waals surface area contributed by atoms with E-state index in [1.807, 2.05) is 6.07 Å². The first-order valence-corrected chi connectivity index (χ1v) is 3.82. The number of carbonyl (C=O) groups is 1. The molecule has 4 heteroatoms. The topological polar surface area (TPSA) is 84.9 Å². The zero-order valence-electron chi connectivity index (χ0n) is 7.19. The summed E-state index contributed by atoms with van der Waals surface area (Å²) in [5, 5.41) is 25.8. The van der Waals surface area contributed by atoms with Crippen molar-refractivity contribution in [2.45, 2.75) is 6.42 Å². The highest BCUT2D eigenvalue weighted by Crippen LogP contribution is 2.11. The number of nitriles is 2. The van der Waals surface area contributed by atoms with Gasteiger partial charge in [-0.05, 0) is 17.7 Å². The van der Waals surface area contributed by atoms with Crippen molar-refractivity contribution >= 4 is 5.97 Å². The lowest BCUT2D eigenvalue weighted by Crippen LogP contribution is -2.00. The molecule has 1 N–H and O–H groups in total. The van der Waals surface area contributed by atoms with Crippen molar-refractivity contribution in [2.75, 3.05) is 0 Å². The molecule has 1 aromatic rings. The van der Waals surface area contributed by atoms with Crippen LogP contribution < -0.4 is 0 Å². The van der Waals surface area contributed by atoms with E-state index in [4.69, 9.17) is 15.6 Å². The van der Waals surface area contributed by atoms with E-state index in [-0.39, 0.29) is 17.5 Å². The number of nitrogens with zero attached hydrogens (tertiary/aromatic N) is 2. The van der Waals surface area contributed by atoms with Crippen LogP contribution in [0.5, 0.6) is 0 Å². The van der Waals surface area contributed by atoms with Gasteiger partial charge in [0.25, 0.3) is 0 Å². The van der Waals surface area contributed by atoms with Crippen LogP contribution in [0.15, 0.2) is 18.2 Å². The van der Waals surface area contributed by atoms with Crippen molar-refractivity contribution in [1.82, 2.24) is 0 Å². The van der Waals surface area contributed by atoms with Crippen molar-refractivity contribution in [3.63, 3.8) is 0 Å². The van der Waals surface area contributed by atoms with Crippen LogP contribution in [0.25, 0.3) is 0 Å². The zero-order chi connectivity index (χ0) is 10.6. The predicted octanol–water partition coefficient (Wildman–Crippen LogP) is 1.32. The monoisotopic (exact) mass is 186 g/mol. The van der Waals surface area contributed by atoms with E-state index in [0.29, 0.717) is 5.56 Å². The second kappa shape index (κ2) is 4.06. The molecule has 0 fully saturated rings. The van der Waals surface area contributed by atoms with Gasteiger partial charge in [-0.3, -0.25) is 0 Å². The molecule has 4 nitrogen and oxygen atoms in total. The lowest BCUT2D eigenvalue weighted by molar-refractivity contribution is 0.0696. The Kier molecular flexibility index (Phi) is 2.83. The summed E-state index contributed by atoms with van der Waals surface area (Å²) in [5.74, 6) is -1.13. The molecule has 1 aromatic carbocycles. The summed E-state index contributed by atoms with van der Waals surface area (Å²) in [5.41, 5.74) is 0.702. The van der Waals surface area contributed by atoms with Gasteiger partial charge in [-0.2, -0.15) is 10.5 Å². The standard InChI is InChI=1S/C10H6N2O2/c11-4-3-7-1-2-9(10(13)14)8(5-7)6-12/h1-2,5H,3H2,(H,13,14).